The Hall–Kier alpha value is -0.710. The molecule has 0 atom stereocenters. The lowest BCUT2D eigenvalue weighted by Gasteiger charge is -2.04. The van der Waals surface area contributed by atoms with E-state index >= 15 is 0 Å². The van der Waals surface area contributed by atoms with Crippen molar-refractivity contribution in [1.82, 2.24) is 0 Å². The van der Waals surface area contributed by atoms with Gasteiger partial charge < -0.3 is 4.74 Å². The fourth-order valence-electron chi connectivity index (χ4n) is 1.30. The third-order valence-corrected chi connectivity index (χ3v) is 3.44. The van der Waals surface area contributed by atoms with Gasteiger partial charge in [-0.2, -0.15) is 0 Å². The molecule has 1 aromatic heterocycles. The molecule has 2 rings (SSSR count). The first-order valence-corrected chi connectivity index (χ1v) is 6.47. The number of hydrogen-bond donors (Lipinski definition) is 0. The Kier molecular flexibility index (Phi) is 4.09. The van der Waals surface area contributed by atoms with Crippen molar-refractivity contribution >= 4 is 27.3 Å². The average Bonchev–Trinajstić information content (AvgIpc) is 2.74. The predicted molar refractivity (Wildman–Crippen MR) is 66.9 cm³/mol. The van der Waals surface area contributed by atoms with Crippen molar-refractivity contribution in [3.05, 3.63) is 56.4 Å². The van der Waals surface area contributed by atoms with Gasteiger partial charge in [0.2, 0.25) is 0 Å². The predicted octanol–water partition coefficient (Wildman–Crippen LogP) is 4.37. The first-order valence-electron chi connectivity index (χ1n) is 4.80. The van der Waals surface area contributed by atoms with E-state index in [1.807, 2.05) is 23.6 Å². The Morgan fingerprint density at radius 3 is 2.81 bits per heavy atom. The second kappa shape index (κ2) is 5.57. The third kappa shape index (κ3) is 3.14. The summed E-state index contributed by atoms with van der Waals surface area (Å²) in [5.74, 6) is -0.236. The highest BCUT2D eigenvalue weighted by atomic mass is 79.9. The second-order valence-electron chi connectivity index (χ2n) is 3.31. The Labute approximate surface area is 106 Å². The van der Waals surface area contributed by atoms with Gasteiger partial charge in [0.1, 0.15) is 5.82 Å². The van der Waals surface area contributed by atoms with Crippen molar-refractivity contribution in [2.75, 3.05) is 0 Å². The van der Waals surface area contributed by atoms with E-state index in [0.29, 0.717) is 18.8 Å². The van der Waals surface area contributed by atoms with Gasteiger partial charge in [-0.25, -0.2) is 4.39 Å². The molecule has 0 bridgehead atoms. The summed E-state index contributed by atoms with van der Waals surface area (Å²) in [5.41, 5.74) is 0.583. The SMILES string of the molecule is Fc1cc(Br)ccc1COCc1cccs1. The molecule has 0 aliphatic rings. The largest absolute Gasteiger partial charge is 0.371 e. The average molecular weight is 301 g/mol. The molecular formula is C12H10BrFOS. The minimum atomic E-state index is -0.236. The maximum absolute atomic E-state index is 13.4. The van der Waals surface area contributed by atoms with E-state index < -0.39 is 0 Å². The number of rotatable bonds is 4. The highest BCUT2D eigenvalue weighted by Crippen LogP contribution is 2.17. The van der Waals surface area contributed by atoms with E-state index in [9.17, 15) is 4.39 Å². The molecule has 1 nitrogen and oxygen atoms in total. The van der Waals surface area contributed by atoms with Gasteiger partial charge in [0, 0.05) is 14.9 Å². The molecule has 1 heterocycles. The molecule has 0 N–H and O–H groups in total. The van der Waals surface area contributed by atoms with Gasteiger partial charge in [0.15, 0.2) is 0 Å². The number of ether oxygens (including phenoxy) is 1. The normalized spacial score (nSPS) is 10.6. The summed E-state index contributed by atoms with van der Waals surface area (Å²) in [4.78, 5) is 1.15. The van der Waals surface area contributed by atoms with Gasteiger partial charge in [-0.3, -0.25) is 0 Å². The molecule has 0 saturated heterocycles. The minimum absolute atomic E-state index is 0.236. The molecule has 4 heteroatoms. The summed E-state index contributed by atoms with van der Waals surface area (Å²) in [6.45, 7) is 0.837. The summed E-state index contributed by atoms with van der Waals surface area (Å²) in [6.07, 6.45) is 0. The third-order valence-electron chi connectivity index (χ3n) is 2.10. The Morgan fingerprint density at radius 2 is 2.12 bits per heavy atom. The van der Waals surface area contributed by atoms with Gasteiger partial charge in [-0.1, -0.05) is 28.1 Å². The van der Waals surface area contributed by atoms with Crippen LogP contribution in [0.1, 0.15) is 10.4 Å². The van der Waals surface area contributed by atoms with Crippen molar-refractivity contribution in [1.29, 1.82) is 0 Å². The number of thiophene rings is 1. The number of hydrogen-bond acceptors (Lipinski definition) is 2. The fraction of sp³-hybridized carbons (Fsp3) is 0.167. The molecule has 0 aliphatic carbocycles. The molecule has 0 amide bonds. The zero-order chi connectivity index (χ0) is 11.4. The molecule has 1 aromatic carbocycles. The smallest absolute Gasteiger partial charge is 0.129 e. The topological polar surface area (TPSA) is 9.23 Å². The van der Waals surface area contributed by atoms with Crippen LogP contribution in [0.2, 0.25) is 0 Å². The summed E-state index contributed by atoms with van der Waals surface area (Å²) in [5, 5.41) is 2.00. The van der Waals surface area contributed by atoms with Crippen molar-refractivity contribution in [2.45, 2.75) is 13.2 Å². The maximum atomic E-state index is 13.4. The number of halogens is 2. The first-order chi connectivity index (χ1) is 7.75. The van der Waals surface area contributed by atoms with Gasteiger partial charge in [0.05, 0.1) is 13.2 Å². The van der Waals surface area contributed by atoms with Crippen LogP contribution < -0.4 is 0 Å². The van der Waals surface area contributed by atoms with Crippen molar-refractivity contribution in [3.8, 4) is 0 Å². The molecule has 2 aromatic rings. The zero-order valence-corrected chi connectivity index (χ0v) is 10.9. The van der Waals surface area contributed by atoms with Crippen LogP contribution in [0.3, 0.4) is 0 Å². The zero-order valence-electron chi connectivity index (χ0n) is 8.45. The quantitative estimate of drug-likeness (QED) is 0.815. The van der Waals surface area contributed by atoms with Crippen molar-refractivity contribution in [3.63, 3.8) is 0 Å². The van der Waals surface area contributed by atoms with Crippen LogP contribution >= 0.6 is 27.3 Å². The second-order valence-corrected chi connectivity index (χ2v) is 5.26. The molecule has 0 fully saturated rings. The van der Waals surface area contributed by atoms with Gasteiger partial charge >= 0.3 is 0 Å². The van der Waals surface area contributed by atoms with E-state index in [0.717, 1.165) is 9.35 Å². The van der Waals surface area contributed by atoms with Gasteiger partial charge in [-0.05, 0) is 23.6 Å². The molecule has 16 heavy (non-hydrogen) atoms. The fourth-order valence-corrected chi connectivity index (χ4v) is 2.27. The lowest BCUT2D eigenvalue weighted by molar-refractivity contribution is 0.107. The summed E-state index contributed by atoms with van der Waals surface area (Å²) in [7, 11) is 0. The van der Waals surface area contributed by atoms with E-state index in [4.69, 9.17) is 4.74 Å². The van der Waals surface area contributed by atoms with E-state index in [2.05, 4.69) is 15.9 Å². The van der Waals surface area contributed by atoms with Crippen molar-refractivity contribution < 1.29 is 9.13 Å². The van der Waals surface area contributed by atoms with Gasteiger partial charge in [0.25, 0.3) is 0 Å². The van der Waals surface area contributed by atoms with Gasteiger partial charge in [-0.15, -0.1) is 11.3 Å². The highest BCUT2D eigenvalue weighted by Gasteiger charge is 2.03. The summed E-state index contributed by atoms with van der Waals surface area (Å²) >= 11 is 4.86. The lowest BCUT2D eigenvalue weighted by atomic mass is 10.2. The maximum Gasteiger partial charge on any atom is 0.129 e. The molecule has 0 radical (unpaired) electrons. The highest BCUT2D eigenvalue weighted by molar-refractivity contribution is 9.10. The Bertz CT molecular complexity index is 456. The summed E-state index contributed by atoms with van der Waals surface area (Å²) in [6, 6.07) is 8.97. The first kappa shape index (κ1) is 11.8. The minimum Gasteiger partial charge on any atom is -0.371 e. The van der Waals surface area contributed by atoms with E-state index in [1.165, 1.54) is 6.07 Å². The Morgan fingerprint density at radius 1 is 1.25 bits per heavy atom. The van der Waals surface area contributed by atoms with E-state index in [-0.39, 0.29) is 5.82 Å². The lowest BCUT2D eigenvalue weighted by Crippen LogP contribution is -1.95. The number of benzene rings is 1. The van der Waals surface area contributed by atoms with Crippen molar-refractivity contribution in [2.24, 2.45) is 0 Å². The van der Waals surface area contributed by atoms with Crippen LogP contribution in [0.25, 0.3) is 0 Å². The van der Waals surface area contributed by atoms with Crippen LogP contribution in [0.15, 0.2) is 40.2 Å². The summed E-state index contributed by atoms with van der Waals surface area (Å²) < 4.78 is 19.6. The molecule has 0 spiro atoms. The standard InChI is InChI=1S/C12H10BrFOS/c13-10-4-3-9(12(14)6-10)7-15-8-11-2-1-5-16-11/h1-6H,7-8H2. The molecule has 0 saturated carbocycles. The molecular weight excluding hydrogens is 291 g/mol. The molecule has 0 unspecified atom stereocenters. The molecule has 84 valence electrons. The monoisotopic (exact) mass is 300 g/mol. The van der Waals surface area contributed by atoms with Crippen LogP contribution in [-0.2, 0) is 18.0 Å². The van der Waals surface area contributed by atoms with Crippen LogP contribution in [0, 0.1) is 5.82 Å². The molecule has 0 aliphatic heterocycles. The van der Waals surface area contributed by atoms with E-state index in [1.54, 1.807) is 17.4 Å². The van der Waals surface area contributed by atoms with Crippen LogP contribution in [-0.4, -0.2) is 0 Å². The van der Waals surface area contributed by atoms with Crippen LogP contribution in [0.4, 0.5) is 4.39 Å². The Balaban J connectivity index is 1.90. The van der Waals surface area contributed by atoms with Crippen LogP contribution in [0.5, 0.6) is 0 Å².